The van der Waals surface area contributed by atoms with Crippen LogP contribution < -0.4 is 5.32 Å². The van der Waals surface area contributed by atoms with Crippen molar-refractivity contribution in [1.29, 1.82) is 0 Å². The van der Waals surface area contributed by atoms with Gasteiger partial charge in [-0.05, 0) is 30.5 Å². The molecule has 1 atom stereocenters. The van der Waals surface area contributed by atoms with Gasteiger partial charge in [0.1, 0.15) is 13.2 Å². The molecule has 1 saturated heterocycles. The van der Waals surface area contributed by atoms with Gasteiger partial charge in [-0.3, -0.25) is 15.0 Å². The Morgan fingerprint density at radius 3 is 2.02 bits per heavy atom. The standard InChI is InChI=1S/C35H38N4O7/c1-24-30(34(40)45-3)32(28-15-10-16-29(23-28)38(42)43)31(25(2)36-24)35(41)46-22-21-39(44)19-17-37(18-20-39)33(26-11-6-4-7-12-26)27-13-8-5-9-14-27/h4-16,23,32-33,36H,17-22H2,1-3H3. The van der Waals surface area contributed by atoms with Gasteiger partial charge >= 0.3 is 11.9 Å². The van der Waals surface area contributed by atoms with E-state index in [2.05, 4.69) is 34.5 Å². The number of carbonyl (C=O) groups is 2. The zero-order valence-electron chi connectivity index (χ0n) is 26.2. The van der Waals surface area contributed by atoms with Crippen molar-refractivity contribution in [2.24, 2.45) is 0 Å². The predicted molar refractivity (Wildman–Crippen MR) is 172 cm³/mol. The number of dihydropyridines is 1. The van der Waals surface area contributed by atoms with Crippen LogP contribution in [0.4, 0.5) is 5.69 Å². The van der Waals surface area contributed by atoms with Crippen molar-refractivity contribution < 1.29 is 28.6 Å². The Balaban J connectivity index is 1.29. The third-order valence-electron chi connectivity index (χ3n) is 8.72. The number of nitro groups is 1. The molecule has 11 nitrogen and oxygen atoms in total. The summed E-state index contributed by atoms with van der Waals surface area (Å²) in [6, 6.07) is 26.3. The summed E-state index contributed by atoms with van der Waals surface area (Å²) >= 11 is 0. The first-order valence-electron chi connectivity index (χ1n) is 15.2. The van der Waals surface area contributed by atoms with Crippen LogP contribution in [0, 0.1) is 15.3 Å². The number of hydrogen-bond donors (Lipinski definition) is 1. The average molecular weight is 627 g/mol. The number of nitro benzene ring substituents is 1. The monoisotopic (exact) mass is 626 g/mol. The van der Waals surface area contributed by atoms with E-state index in [0.29, 0.717) is 43.1 Å². The van der Waals surface area contributed by atoms with Crippen molar-refractivity contribution >= 4 is 17.6 Å². The molecule has 1 unspecified atom stereocenters. The molecule has 0 aliphatic carbocycles. The molecule has 0 aromatic heterocycles. The van der Waals surface area contributed by atoms with Gasteiger partial charge < -0.3 is 24.6 Å². The lowest BCUT2D eigenvalue weighted by Gasteiger charge is -2.49. The normalized spacial score (nSPS) is 18.2. The maximum Gasteiger partial charge on any atom is 0.336 e. The molecule has 2 aliphatic heterocycles. The lowest BCUT2D eigenvalue weighted by molar-refractivity contribution is -0.885. The molecule has 2 heterocycles. The number of methoxy groups -OCH3 is 1. The van der Waals surface area contributed by atoms with E-state index >= 15 is 0 Å². The van der Waals surface area contributed by atoms with Crippen LogP contribution in [0.15, 0.2) is 107 Å². The molecule has 0 bridgehead atoms. The number of carbonyl (C=O) groups excluding carboxylic acids is 2. The Bertz CT molecular complexity index is 1610. The highest BCUT2D eigenvalue weighted by molar-refractivity contribution is 5.99. The van der Waals surface area contributed by atoms with E-state index < -0.39 is 27.4 Å². The highest BCUT2D eigenvalue weighted by Crippen LogP contribution is 2.40. The number of quaternary nitrogens is 1. The van der Waals surface area contributed by atoms with Crippen LogP contribution in [-0.2, 0) is 19.1 Å². The number of hydroxylamine groups is 3. The smallest absolute Gasteiger partial charge is 0.336 e. The van der Waals surface area contributed by atoms with Gasteiger partial charge in [-0.15, -0.1) is 0 Å². The summed E-state index contributed by atoms with van der Waals surface area (Å²) in [5, 5.41) is 28.3. The second-order valence-electron chi connectivity index (χ2n) is 11.6. The summed E-state index contributed by atoms with van der Waals surface area (Å²) in [7, 11) is 1.23. The minimum atomic E-state index is -0.965. The molecule has 46 heavy (non-hydrogen) atoms. The number of nitrogens with zero attached hydrogens (tertiary/aromatic N) is 3. The number of ether oxygens (including phenoxy) is 2. The predicted octanol–water partition coefficient (Wildman–Crippen LogP) is 4.97. The summed E-state index contributed by atoms with van der Waals surface area (Å²) in [6.07, 6.45) is 0. The number of piperazine rings is 1. The molecular formula is C35H38N4O7. The molecule has 0 amide bonds. The van der Waals surface area contributed by atoms with Gasteiger partial charge in [-0.2, -0.15) is 0 Å². The van der Waals surface area contributed by atoms with E-state index in [4.69, 9.17) is 9.47 Å². The maximum atomic E-state index is 13.8. The van der Waals surface area contributed by atoms with Gasteiger partial charge in [0.25, 0.3) is 5.69 Å². The molecule has 3 aromatic carbocycles. The minimum Gasteiger partial charge on any atom is -0.633 e. The summed E-state index contributed by atoms with van der Waals surface area (Å²) in [4.78, 5) is 39.8. The number of benzene rings is 3. The number of esters is 2. The van der Waals surface area contributed by atoms with Crippen molar-refractivity contribution in [2.45, 2.75) is 25.8 Å². The molecule has 1 N–H and O–H groups in total. The maximum absolute atomic E-state index is 13.8. The summed E-state index contributed by atoms with van der Waals surface area (Å²) < 4.78 is 10.2. The van der Waals surface area contributed by atoms with Crippen molar-refractivity contribution in [1.82, 2.24) is 10.2 Å². The zero-order chi connectivity index (χ0) is 32.8. The van der Waals surface area contributed by atoms with Crippen molar-refractivity contribution in [3.05, 3.63) is 139 Å². The van der Waals surface area contributed by atoms with E-state index in [-0.39, 0.29) is 36.0 Å². The van der Waals surface area contributed by atoms with Crippen LogP contribution >= 0.6 is 0 Å². The van der Waals surface area contributed by atoms with Crippen molar-refractivity contribution in [3.63, 3.8) is 0 Å². The van der Waals surface area contributed by atoms with Gasteiger partial charge in [-0.1, -0.05) is 72.8 Å². The van der Waals surface area contributed by atoms with Gasteiger partial charge in [0.15, 0.2) is 0 Å². The fourth-order valence-electron chi connectivity index (χ4n) is 6.39. The zero-order valence-corrected chi connectivity index (χ0v) is 26.2. The van der Waals surface area contributed by atoms with Crippen LogP contribution in [0.1, 0.15) is 42.5 Å². The molecule has 1 fully saturated rings. The molecule has 11 heteroatoms. The van der Waals surface area contributed by atoms with E-state index in [1.807, 2.05) is 36.4 Å². The van der Waals surface area contributed by atoms with Crippen LogP contribution in [0.3, 0.4) is 0 Å². The van der Waals surface area contributed by atoms with E-state index in [9.17, 15) is 24.9 Å². The van der Waals surface area contributed by atoms with Gasteiger partial charge in [0.2, 0.25) is 0 Å². The van der Waals surface area contributed by atoms with E-state index in [1.54, 1.807) is 19.9 Å². The van der Waals surface area contributed by atoms with Gasteiger partial charge in [0, 0.05) is 36.6 Å². The molecular weight excluding hydrogens is 588 g/mol. The first-order valence-corrected chi connectivity index (χ1v) is 15.2. The number of hydrogen-bond acceptors (Lipinski definition) is 9. The first kappa shape index (κ1) is 32.6. The third-order valence-corrected chi connectivity index (χ3v) is 8.72. The fraction of sp³-hybridized carbons (Fsp3) is 0.314. The second-order valence-corrected chi connectivity index (χ2v) is 11.6. The third kappa shape index (κ3) is 7.02. The Hall–Kier alpha value is -4.84. The minimum absolute atomic E-state index is 0.0222. The van der Waals surface area contributed by atoms with Crippen LogP contribution in [0.5, 0.6) is 0 Å². The summed E-state index contributed by atoms with van der Waals surface area (Å²) in [5.74, 6) is -2.35. The van der Waals surface area contributed by atoms with Crippen LogP contribution in [0.2, 0.25) is 0 Å². The Morgan fingerprint density at radius 1 is 0.913 bits per heavy atom. The number of nitrogens with one attached hydrogen (secondary N) is 1. The van der Waals surface area contributed by atoms with Crippen molar-refractivity contribution in [3.8, 4) is 0 Å². The Kier molecular flexibility index (Phi) is 9.96. The lowest BCUT2D eigenvalue weighted by atomic mass is 9.80. The largest absolute Gasteiger partial charge is 0.633 e. The van der Waals surface area contributed by atoms with Crippen molar-refractivity contribution in [2.75, 3.05) is 46.4 Å². The fourth-order valence-corrected chi connectivity index (χ4v) is 6.39. The first-order chi connectivity index (χ1) is 22.1. The van der Waals surface area contributed by atoms with Gasteiger partial charge in [0.05, 0.1) is 48.2 Å². The number of non-ortho nitro benzene ring substituents is 1. The van der Waals surface area contributed by atoms with E-state index in [0.717, 1.165) is 11.1 Å². The second kappa shape index (κ2) is 14.1. The molecule has 0 spiro atoms. The Labute approximate surface area is 268 Å². The lowest BCUT2D eigenvalue weighted by Crippen LogP contribution is -2.57. The molecule has 2 aliphatic rings. The van der Waals surface area contributed by atoms with Crippen LogP contribution in [0.25, 0.3) is 0 Å². The van der Waals surface area contributed by atoms with Crippen LogP contribution in [-0.4, -0.2) is 72.8 Å². The number of rotatable bonds is 10. The molecule has 0 radical (unpaired) electrons. The number of allylic oxidation sites excluding steroid dienone is 2. The quantitative estimate of drug-likeness (QED) is 0.109. The van der Waals surface area contributed by atoms with Gasteiger partial charge in [-0.25, -0.2) is 9.59 Å². The highest BCUT2D eigenvalue weighted by atomic mass is 16.6. The summed E-state index contributed by atoms with van der Waals surface area (Å²) in [5.41, 5.74) is 3.69. The highest BCUT2D eigenvalue weighted by Gasteiger charge is 2.39. The molecule has 5 rings (SSSR count). The topological polar surface area (TPSA) is 134 Å². The van der Waals surface area contributed by atoms with E-state index in [1.165, 1.54) is 25.3 Å². The SMILES string of the molecule is COC(=O)C1=C(C)NC(C)=C(C(=O)OCC[N+]2([O-])CCN(C(c3ccccc3)c3ccccc3)CC2)C1c1cccc([N+](=O)[O-])c1. The average Bonchev–Trinajstić information content (AvgIpc) is 3.06. The molecule has 240 valence electrons. The molecule has 0 saturated carbocycles. The summed E-state index contributed by atoms with van der Waals surface area (Å²) in [6.45, 7) is 5.10. The Morgan fingerprint density at radius 2 is 1.48 bits per heavy atom. The molecule has 3 aromatic rings.